The molecule has 0 aliphatic heterocycles. The summed E-state index contributed by atoms with van der Waals surface area (Å²) in [5, 5.41) is -0.114. The van der Waals surface area contributed by atoms with Gasteiger partial charge in [-0.2, -0.15) is 0 Å². The van der Waals surface area contributed by atoms with Gasteiger partial charge in [-0.1, -0.05) is 39.7 Å². The summed E-state index contributed by atoms with van der Waals surface area (Å²) in [5.41, 5.74) is 5.99. The van der Waals surface area contributed by atoms with Gasteiger partial charge in [0.1, 0.15) is 5.75 Å². The molecule has 0 aliphatic rings. The van der Waals surface area contributed by atoms with E-state index >= 15 is 0 Å². The molecule has 0 heterocycles. The maximum Gasteiger partial charge on any atom is 0.123 e. The summed E-state index contributed by atoms with van der Waals surface area (Å²) in [4.78, 5) is 0. The summed E-state index contributed by atoms with van der Waals surface area (Å²) in [7, 11) is 1.69. The van der Waals surface area contributed by atoms with Crippen LogP contribution in [0.5, 0.6) is 5.75 Å². The van der Waals surface area contributed by atoms with E-state index in [1.54, 1.807) is 7.11 Å². The fourth-order valence-electron chi connectivity index (χ4n) is 2.42. The minimum absolute atomic E-state index is 0.114. The monoisotopic (exact) mass is 366 g/mol. The number of hydrogen-bond donors (Lipinski definition) is 0. The Morgan fingerprint density at radius 1 is 1.10 bits per heavy atom. The van der Waals surface area contributed by atoms with Crippen LogP contribution >= 0.6 is 27.5 Å². The predicted molar refractivity (Wildman–Crippen MR) is 93.6 cm³/mol. The largest absolute Gasteiger partial charge is 0.496 e. The lowest BCUT2D eigenvalue weighted by Crippen LogP contribution is -2.02. The van der Waals surface area contributed by atoms with Crippen molar-refractivity contribution in [1.82, 2.24) is 0 Å². The average Bonchev–Trinajstić information content (AvgIpc) is 2.45. The van der Waals surface area contributed by atoms with Gasteiger partial charge >= 0.3 is 0 Å². The fraction of sp³-hybridized carbons (Fsp3) is 0.333. The molecule has 1 unspecified atom stereocenters. The molecule has 0 aromatic heterocycles. The van der Waals surface area contributed by atoms with E-state index in [0.717, 1.165) is 27.8 Å². The molecule has 2 aromatic carbocycles. The summed E-state index contributed by atoms with van der Waals surface area (Å²) in [5.74, 6) is 0.848. The van der Waals surface area contributed by atoms with Gasteiger partial charge in [-0.25, -0.2) is 0 Å². The van der Waals surface area contributed by atoms with Crippen LogP contribution in [-0.4, -0.2) is 7.11 Å². The second-order valence-corrected chi connectivity index (χ2v) is 6.83. The molecule has 1 nitrogen and oxygen atoms in total. The van der Waals surface area contributed by atoms with Gasteiger partial charge in [0.25, 0.3) is 0 Å². The molecule has 0 N–H and O–H groups in total. The lowest BCUT2D eigenvalue weighted by atomic mass is 9.97. The highest BCUT2D eigenvalue weighted by Crippen LogP contribution is 2.36. The Morgan fingerprint density at radius 2 is 1.81 bits per heavy atom. The first-order chi connectivity index (χ1) is 9.92. The Morgan fingerprint density at radius 3 is 2.48 bits per heavy atom. The Kier molecular flexibility index (Phi) is 5.34. The molecule has 0 spiro atoms. The predicted octanol–water partition coefficient (Wildman–Crippen LogP) is 5.91. The normalized spacial score (nSPS) is 12.3. The van der Waals surface area contributed by atoms with Gasteiger partial charge in [-0.3, -0.25) is 0 Å². The summed E-state index contributed by atoms with van der Waals surface area (Å²) in [6.45, 7) is 6.28. The maximum atomic E-state index is 6.67. The third-order valence-electron chi connectivity index (χ3n) is 3.75. The zero-order valence-electron chi connectivity index (χ0n) is 12.8. The van der Waals surface area contributed by atoms with Gasteiger partial charge in [0.05, 0.1) is 12.5 Å². The summed E-state index contributed by atoms with van der Waals surface area (Å²) >= 11 is 10.2. The van der Waals surface area contributed by atoms with E-state index in [2.05, 4.69) is 54.0 Å². The Balaban J connectivity index is 2.34. The SMILES string of the molecule is COc1cc(C)c(Br)cc1C(Cl)Cc1cc(C)ccc1C. The molecular weight excluding hydrogens is 348 g/mol. The Bertz CT molecular complexity index is 652. The quantitative estimate of drug-likeness (QED) is 0.611. The van der Waals surface area contributed by atoms with Crippen LogP contribution in [-0.2, 0) is 6.42 Å². The van der Waals surface area contributed by atoms with Crippen LogP contribution in [0.15, 0.2) is 34.8 Å². The summed E-state index contributed by atoms with van der Waals surface area (Å²) < 4.78 is 6.55. The van der Waals surface area contributed by atoms with Crippen LogP contribution < -0.4 is 4.74 Å². The number of ether oxygens (including phenoxy) is 1. The van der Waals surface area contributed by atoms with Gasteiger partial charge in [-0.05, 0) is 56.0 Å². The third kappa shape index (κ3) is 3.81. The second kappa shape index (κ2) is 6.85. The highest BCUT2D eigenvalue weighted by molar-refractivity contribution is 9.10. The highest BCUT2D eigenvalue weighted by atomic mass is 79.9. The topological polar surface area (TPSA) is 9.23 Å². The van der Waals surface area contributed by atoms with Crippen molar-refractivity contribution in [3.63, 3.8) is 0 Å². The van der Waals surface area contributed by atoms with Gasteiger partial charge in [0.15, 0.2) is 0 Å². The number of benzene rings is 2. The number of alkyl halides is 1. The first kappa shape index (κ1) is 16.4. The highest BCUT2D eigenvalue weighted by Gasteiger charge is 2.17. The van der Waals surface area contributed by atoms with E-state index in [-0.39, 0.29) is 5.38 Å². The van der Waals surface area contributed by atoms with Gasteiger partial charge < -0.3 is 4.74 Å². The van der Waals surface area contributed by atoms with E-state index in [9.17, 15) is 0 Å². The smallest absolute Gasteiger partial charge is 0.123 e. The van der Waals surface area contributed by atoms with Crippen LogP contribution in [0.25, 0.3) is 0 Å². The molecule has 0 fully saturated rings. The van der Waals surface area contributed by atoms with Crippen molar-refractivity contribution in [3.05, 3.63) is 62.6 Å². The standard InChI is InChI=1S/C18H20BrClO/c1-11-5-6-12(2)14(7-11)9-17(20)15-10-16(19)13(3)8-18(15)21-4/h5-8,10,17H,9H2,1-4H3. The van der Waals surface area contributed by atoms with Crippen molar-refractivity contribution in [3.8, 4) is 5.75 Å². The van der Waals surface area contributed by atoms with Crippen LogP contribution in [0.4, 0.5) is 0 Å². The number of aryl methyl sites for hydroxylation is 3. The van der Waals surface area contributed by atoms with Crippen molar-refractivity contribution in [1.29, 1.82) is 0 Å². The third-order valence-corrected chi connectivity index (χ3v) is 5.00. The molecule has 0 bridgehead atoms. The van der Waals surface area contributed by atoms with E-state index in [4.69, 9.17) is 16.3 Å². The molecular formula is C18H20BrClO. The van der Waals surface area contributed by atoms with E-state index in [1.165, 1.54) is 16.7 Å². The zero-order chi connectivity index (χ0) is 15.6. The minimum atomic E-state index is -0.114. The van der Waals surface area contributed by atoms with Gasteiger partial charge in [0.2, 0.25) is 0 Å². The Hall–Kier alpha value is -0.990. The first-order valence-corrected chi connectivity index (χ1v) is 8.19. The van der Waals surface area contributed by atoms with Gasteiger partial charge in [-0.15, -0.1) is 11.6 Å². The molecule has 1 atom stereocenters. The zero-order valence-corrected chi connectivity index (χ0v) is 15.2. The second-order valence-electron chi connectivity index (χ2n) is 5.44. The van der Waals surface area contributed by atoms with E-state index in [0.29, 0.717) is 0 Å². The van der Waals surface area contributed by atoms with Crippen LogP contribution in [0.1, 0.15) is 33.2 Å². The van der Waals surface area contributed by atoms with Crippen molar-refractivity contribution in [2.45, 2.75) is 32.6 Å². The molecule has 0 radical (unpaired) electrons. The van der Waals surface area contributed by atoms with Crippen molar-refractivity contribution in [2.24, 2.45) is 0 Å². The molecule has 0 saturated carbocycles. The summed E-state index contributed by atoms with van der Waals surface area (Å²) in [6.07, 6.45) is 0.793. The summed E-state index contributed by atoms with van der Waals surface area (Å²) in [6, 6.07) is 10.6. The molecule has 0 aliphatic carbocycles. The Labute approximate surface area is 140 Å². The van der Waals surface area contributed by atoms with E-state index in [1.807, 2.05) is 13.0 Å². The molecule has 2 aromatic rings. The number of rotatable bonds is 4. The maximum absolute atomic E-state index is 6.67. The van der Waals surface area contributed by atoms with Crippen LogP contribution in [0.3, 0.4) is 0 Å². The molecule has 21 heavy (non-hydrogen) atoms. The van der Waals surface area contributed by atoms with Crippen LogP contribution in [0.2, 0.25) is 0 Å². The molecule has 2 rings (SSSR count). The van der Waals surface area contributed by atoms with E-state index < -0.39 is 0 Å². The van der Waals surface area contributed by atoms with Crippen molar-refractivity contribution < 1.29 is 4.74 Å². The lowest BCUT2D eigenvalue weighted by Gasteiger charge is -2.17. The first-order valence-electron chi connectivity index (χ1n) is 6.96. The minimum Gasteiger partial charge on any atom is -0.496 e. The van der Waals surface area contributed by atoms with Crippen LogP contribution in [0, 0.1) is 20.8 Å². The molecule has 112 valence electrons. The lowest BCUT2D eigenvalue weighted by molar-refractivity contribution is 0.408. The van der Waals surface area contributed by atoms with Crippen molar-refractivity contribution in [2.75, 3.05) is 7.11 Å². The van der Waals surface area contributed by atoms with Gasteiger partial charge in [0, 0.05) is 10.0 Å². The molecule has 0 amide bonds. The van der Waals surface area contributed by atoms with Crippen molar-refractivity contribution >= 4 is 27.5 Å². The molecule has 3 heteroatoms. The fourth-order valence-corrected chi connectivity index (χ4v) is 3.11. The number of hydrogen-bond acceptors (Lipinski definition) is 1. The average molecular weight is 368 g/mol. The number of methoxy groups -OCH3 is 1. The molecule has 0 saturated heterocycles. The number of halogens is 2.